The zero-order valence-electron chi connectivity index (χ0n) is 22.3. The van der Waals surface area contributed by atoms with Crippen molar-refractivity contribution < 1.29 is 9.22 Å². The summed E-state index contributed by atoms with van der Waals surface area (Å²) in [5.41, 5.74) is 2.44. The number of carbonyl (C=O) groups is 1. The Morgan fingerprint density at radius 2 is 1.83 bits per heavy atom. The first-order valence-corrected chi connectivity index (χ1v) is 14.1. The highest BCUT2D eigenvalue weighted by atomic mass is 28.2. The van der Waals surface area contributed by atoms with Gasteiger partial charge in [0.25, 0.3) is 0 Å². The first kappa shape index (κ1) is 26.5. The van der Waals surface area contributed by atoms with Crippen LogP contribution in [0.2, 0.25) is 5.04 Å². The molecule has 0 saturated heterocycles. The van der Waals surface area contributed by atoms with Gasteiger partial charge in [-0.1, -0.05) is 27.2 Å². The summed E-state index contributed by atoms with van der Waals surface area (Å²) in [5.74, 6) is 2.40. The van der Waals surface area contributed by atoms with Crippen molar-refractivity contribution in [2.45, 2.75) is 89.7 Å². The summed E-state index contributed by atoms with van der Waals surface area (Å²) in [4.78, 5) is 26.0. The van der Waals surface area contributed by atoms with Crippen molar-refractivity contribution in [1.82, 2.24) is 20.3 Å². The van der Waals surface area contributed by atoms with Gasteiger partial charge in [-0.15, -0.1) is 0 Å². The van der Waals surface area contributed by atoms with Crippen LogP contribution in [0.1, 0.15) is 90.3 Å². The lowest BCUT2D eigenvalue weighted by Gasteiger charge is -2.28. The van der Waals surface area contributed by atoms with E-state index in [-0.39, 0.29) is 16.9 Å². The van der Waals surface area contributed by atoms with Crippen LogP contribution in [0.15, 0.2) is 24.5 Å². The van der Waals surface area contributed by atoms with Crippen molar-refractivity contribution in [3.8, 4) is 0 Å². The summed E-state index contributed by atoms with van der Waals surface area (Å²) in [5, 5.41) is 9.94. The molecular formula is C27H40N6O2Si. The van der Waals surface area contributed by atoms with E-state index in [2.05, 4.69) is 60.5 Å². The molecule has 0 bridgehead atoms. The normalized spacial score (nSPS) is 16.4. The van der Waals surface area contributed by atoms with Crippen molar-refractivity contribution in [3.63, 3.8) is 0 Å². The fourth-order valence-electron chi connectivity index (χ4n) is 3.89. The van der Waals surface area contributed by atoms with Crippen LogP contribution in [0, 0.1) is 5.92 Å². The fraction of sp³-hybridized carbons (Fsp3) is 0.630. The number of carbonyl (C=O) groups excluding carboxylic acids is 1. The maximum Gasteiger partial charge on any atom is 0.237 e. The van der Waals surface area contributed by atoms with Gasteiger partial charge in [0.1, 0.15) is 5.82 Å². The van der Waals surface area contributed by atoms with Gasteiger partial charge in [0.05, 0.1) is 23.2 Å². The molecule has 4 rings (SSSR count). The molecule has 194 valence electrons. The highest BCUT2D eigenvalue weighted by Crippen LogP contribution is 2.42. The number of aromatic nitrogens is 3. The van der Waals surface area contributed by atoms with Gasteiger partial charge < -0.3 is 20.4 Å². The minimum atomic E-state index is -0.457. The topological polar surface area (TPSA) is 101 Å². The largest absolute Gasteiger partial charge is 0.406 e. The molecule has 0 unspecified atom stereocenters. The number of nitrogens with one attached hydrogen (secondary N) is 3. The highest BCUT2D eigenvalue weighted by Gasteiger charge is 2.28. The smallest absolute Gasteiger partial charge is 0.237 e. The lowest BCUT2D eigenvalue weighted by Crippen LogP contribution is -2.35. The van der Waals surface area contributed by atoms with E-state index >= 15 is 0 Å². The molecule has 2 radical (unpaired) electrons. The van der Waals surface area contributed by atoms with E-state index in [1.54, 1.807) is 6.20 Å². The van der Waals surface area contributed by atoms with Gasteiger partial charge in [0.2, 0.25) is 21.6 Å². The molecule has 36 heavy (non-hydrogen) atoms. The van der Waals surface area contributed by atoms with E-state index in [4.69, 9.17) is 9.41 Å². The van der Waals surface area contributed by atoms with E-state index in [1.807, 2.05) is 18.3 Å². The Morgan fingerprint density at radius 3 is 2.44 bits per heavy atom. The molecule has 3 N–H and O–H groups in total. The number of rotatable bonds is 12. The molecule has 2 fully saturated rings. The molecule has 2 aliphatic rings. The first-order valence-electron chi connectivity index (χ1n) is 13.2. The fourth-order valence-corrected chi connectivity index (χ4v) is 4.56. The Hall–Kier alpha value is -2.52. The molecule has 0 aromatic carbocycles. The summed E-state index contributed by atoms with van der Waals surface area (Å²) in [6.07, 6.45) is 10.2. The minimum Gasteiger partial charge on any atom is -0.406 e. The lowest BCUT2D eigenvalue weighted by atomic mass is 9.85. The molecule has 0 atom stereocenters. The molecule has 8 nitrogen and oxygen atoms in total. The van der Waals surface area contributed by atoms with Crippen LogP contribution in [-0.2, 0) is 14.8 Å². The molecule has 2 aliphatic carbocycles. The van der Waals surface area contributed by atoms with E-state index in [0.717, 1.165) is 43.0 Å². The van der Waals surface area contributed by atoms with Crippen molar-refractivity contribution in [1.29, 1.82) is 0 Å². The third-order valence-corrected chi connectivity index (χ3v) is 7.73. The van der Waals surface area contributed by atoms with E-state index in [9.17, 15) is 4.79 Å². The molecule has 9 heteroatoms. The molecule has 0 aliphatic heterocycles. The monoisotopic (exact) mass is 508 g/mol. The van der Waals surface area contributed by atoms with Crippen molar-refractivity contribution in [2.75, 3.05) is 23.7 Å². The molecule has 2 heterocycles. The molecule has 0 spiro atoms. The van der Waals surface area contributed by atoms with Gasteiger partial charge in [0.15, 0.2) is 0 Å². The second kappa shape index (κ2) is 11.3. The van der Waals surface area contributed by atoms with Crippen LogP contribution in [-0.4, -0.2) is 43.7 Å². The van der Waals surface area contributed by atoms with Crippen LogP contribution in [0.4, 0.5) is 17.5 Å². The maximum absolute atomic E-state index is 12.0. The van der Waals surface area contributed by atoms with Gasteiger partial charge in [-0.3, -0.25) is 9.78 Å². The number of hydrogen-bond donors (Lipinski definition) is 3. The number of nitrogens with zero attached hydrogens (tertiary/aromatic N) is 3. The van der Waals surface area contributed by atoms with E-state index in [1.165, 1.54) is 24.8 Å². The van der Waals surface area contributed by atoms with Gasteiger partial charge >= 0.3 is 0 Å². The maximum atomic E-state index is 12.0. The van der Waals surface area contributed by atoms with Crippen LogP contribution in [0.5, 0.6) is 0 Å². The summed E-state index contributed by atoms with van der Waals surface area (Å²) in [6.45, 7) is 12.1. The number of hydrogen-bond acceptors (Lipinski definition) is 7. The van der Waals surface area contributed by atoms with Crippen molar-refractivity contribution in [3.05, 3.63) is 35.8 Å². The Bertz CT molecular complexity index is 1030. The summed E-state index contributed by atoms with van der Waals surface area (Å²) in [6, 6.07) is 3.98. The van der Waals surface area contributed by atoms with Gasteiger partial charge in [-0.05, 0) is 69.0 Å². The van der Waals surface area contributed by atoms with E-state index in [0.29, 0.717) is 28.2 Å². The predicted octanol–water partition coefficient (Wildman–Crippen LogP) is 5.30. The highest BCUT2D eigenvalue weighted by molar-refractivity contribution is 6.31. The Kier molecular flexibility index (Phi) is 8.29. The molecule has 2 saturated carbocycles. The van der Waals surface area contributed by atoms with Gasteiger partial charge in [-0.2, -0.15) is 4.98 Å². The Labute approximate surface area is 217 Å². The third kappa shape index (κ3) is 7.49. The van der Waals surface area contributed by atoms with Gasteiger partial charge in [0, 0.05) is 30.8 Å². The third-order valence-electron chi connectivity index (χ3n) is 6.50. The average Bonchev–Trinajstić information content (AvgIpc) is 3.62. The lowest BCUT2D eigenvalue weighted by molar-refractivity contribution is -0.127. The van der Waals surface area contributed by atoms with E-state index < -0.39 is 5.60 Å². The Balaban J connectivity index is 1.32. The number of amides is 1. The second-order valence-corrected chi connectivity index (χ2v) is 13.4. The second-order valence-electron chi connectivity index (χ2n) is 11.5. The van der Waals surface area contributed by atoms with Crippen molar-refractivity contribution >= 4 is 33.1 Å². The first-order chi connectivity index (χ1) is 17.1. The summed E-state index contributed by atoms with van der Waals surface area (Å²) >= 11 is 0. The van der Waals surface area contributed by atoms with Crippen LogP contribution in [0.3, 0.4) is 0 Å². The standard InChI is InChI=1S/C27H40N6O2Si/c1-26(2,3)36-35-27(4,5)22-13-12-20(16-30-22)32-25-31-17-21(18-10-11-18)23(33-25)28-14-7-15-29-24(34)19-8-6-9-19/h12-13,16-19H,6-11,14-15H2,1-5H3,(H,29,34)(H2,28,31,32,33). The van der Waals surface area contributed by atoms with Crippen molar-refractivity contribution in [2.24, 2.45) is 5.92 Å². The zero-order valence-corrected chi connectivity index (χ0v) is 23.3. The zero-order chi connectivity index (χ0) is 25.8. The minimum absolute atomic E-state index is 0.123. The van der Waals surface area contributed by atoms with Gasteiger partial charge in [-0.25, -0.2) is 4.98 Å². The molecular weight excluding hydrogens is 468 g/mol. The number of pyridine rings is 1. The van der Waals surface area contributed by atoms with Crippen LogP contribution in [0.25, 0.3) is 0 Å². The van der Waals surface area contributed by atoms with Crippen LogP contribution < -0.4 is 16.0 Å². The number of anilines is 3. The summed E-state index contributed by atoms with van der Waals surface area (Å²) < 4.78 is 6.17. The predicted molar refractivity (Wildman–Crippen MR) is 145 cm³/mol. The molecule has 2 aromatic heterocycles. The summed E-state index contributed by atoms with van der Waals surface area (Å²) in [7, 11) is 0.389. The molecule has 1 amide bonds. The molecule has 2 aromatic rings. The van der Waals surface area contributed by atoms with Crippen LogP contribution >= 0.6 is 0 Å². The quantitative estimate of drug-likeness (QED) is 0.264. The Morgan fingerprint density at radius 1 is 1.06 bits per heavy atom. The average molecular weight is 509 g/mol. The SMILES string of the molecule is CC(C)(C)[Si]OC(C)(C)c1ccc(Nc2ncc(C3CC3)c(NCCCNC(=O)C3CCC3)n2)cn1.